The van der Waals surface area contributed by atoms with Crippen molar-refractivity contribution in [2.45, 2.75) is 11.4 Å². The minimum Gasteiger partial charge on any atom is -1.00 e. The second-order valence-corrected chi connectivity index (χ2v) is 8.68. The molecule has 4 N–H and O–H groups in total. The van der Waals surface area contributed by atoms with Gasteiger partial charge in [0.2, 0.25) is 0 Å². The van der Waals surface area contributed by atoms with E-state index in [-0.39, 0.29) is 31.0 Å². The summed E-state index contributed by atoms with van der Waals surface area (Å²) in [5.41, 5.74) is 1.83. The van der Waals surface area contributed by atoms with Gasteiger partial charge in [-0.25, -0.2) is 0 Å². The van der Waals surface area contributed by atoms with Crippen molar-refractivity contribution in [3.05, 3.63) is 0 Å². The zero-order valence-electron chi connectivity index (χ0n) is 7.50. The van der Waals surface area contributed by atoms with E-state index in [1.54, 1.807) is 0 Å². The molecule has 0 aromatic carbocycles. The summed E-state index contributed by atoms with van der Waals surface area (Å²) in [6.45, 7) is 0. The molecule has 9 heteroatoms. The van der Waals surface area contributed by atoms with Crippen LogP contribution in [-0.4, -0.2) is 44.7 Å². The second-order valence-electron chi connectivity index (χ2n) is 1.67. The van der Waals surface area contributed by atoms with Crippen molar-refractivity contribution in [1.82, 2.24) is 0 Å². The zero-order valence-corrected chi connectivity index (χ0v) is 12.3. The summed E-state index contributed by atoms with van der Waals surface area (Å²) in [6, 6.07) is 0. The van der Waals surface area contributed by atoms with Gasteiger partial charge in [0.15, 0.2) is 0 Å². The maximum Gasteiger partial charge on any atom is 1.00 e. The van der Waals surface area contributed by atoms with E-state index in [0.717, 1.165) is 11.4 Å². The van der Waals surface area contributed by atoms with Crippen LogP contribution in [0.15, 0.2) is 0 Å². The van der Waals surface area contributed by atoms with Crippen LogP contribution >= 0.6 is 0 Å². The standard InChI is InChI=1S/2CH5AsO3.Na.H/c2*1-2(3,4)5;;/h2*1H3,(H2,3,4,5);;/q;;+1;-1. The van der Waals surface area contributed by atoms with Gasteiger partial charge in [-0.1, -0.05) is 0 Å². The van der Waals surface area contributed by atoms with E-state index >= 15 is 0 Å². The van der Waals surface area contributed by atoms with Gasteiger partial charge in [0.25, 0.3) is 0 Å². The molecule has 0 amide bonds. The maximum absolute atomic E-state index is 9.39. The topological polar surface area (TPSA) is 115 Å². The van der Waals surface area contributed by atoms with Crippen molar-refractivity contribution in [3.63, 3.8) is 0 Å². The molecule has 0 fully saturated rings. The van der Waals surface area contributed by atoms with Crippen molar-refractivity contribution in [3.8, 4) is 0 Å². The second kappa shape index (κ2) is 7.01. The molecule has 0 aromatic heterocycles. The first kappa shape index (κ1) is 18.4. The molecule has 0 atom stereocenters. The van der Waals surface area contributed by atoms with Crippen LogP contribution in [0.1, 0.15) is 1.43 Å². The van der Waals surface area contributed by atoms with Gasteiger partial charge >= 0.3 is 93.2 Å². The molecule has 0 unspecified atom stereocenters. The molecule has 0 aliphatic rings. The van der Waals surface area contributed by atoms with E-state index in [1.165, 1.54) is 0 Å². The van der Waals surface area contributed by atoms with E-state index in [4.69, 9.17) is 16.4 Å². The number of hydrogen-bond acceptors (Lipinski definition) is 2. The Kier molecular flexibility index (Phi) is 11.7. The van der Waals surface area contributed by atoms with Crippen LogP contribution < -0.4 is 29.6 Å². The molecular formula is C2H11As2NaO6. The van der Waals surface area contributed by atoms with Gasteiger partial charge in [-0.15, -0.1) is 0 Å². The minimum absolute atomic E-state index is 0. The monoisotopic (exact) mass is 304 g/mol. The fourth-order valence-electron chi connectivity index (χ4n) is 0. The fourth-order valence-corrected chi connectivity index (χ4v) is 0. The molecule has 0 heterocycles. The zero-order chi connectivity index (χ0) is 9.00. The first-order valence-electron chi connectivity index (χ1n) is 2.06. The molecule has 0 spiro atoms. The average Bonchev–Trinajstić information content (AvgIpc) is 1.12. The molecule has 6 nitrogen and oxygen atoms in total. The van der Waals surface area contributed by atoms with Crippen molar-refractivity contribution in [1.29, 1.82) is 0 Å². The SMILES string of the molecule is C[As](=O)(O)O.C[As](=O)(O)O.[H-].[Na+]. The summed E-state index contributed by atoms with van der Waals surface area (Å²) < 4.78 is 49.5. The largest absolute Gasteiger partial charge is 1.00 e. The molecule has 0 aromatic rings. The average molecular weight is 304 g/mol. The molecular weight excluding hydrogens is 293 g/mol. The molecule has 11 heavy (non-hydrogen) atoms. The summed E-state index contributed by atoms with van der Waals surface area (Å²) >= 11 is -8.25. The molecule has 0 saturated heterocycles. The molecule has 0 aliphatic carbocycles. The van der Waals surface area contributed by atoms with Crippen LogP contribution in [0.25, 0.3) is 0 Å². The van der Waals surface area contributed by atoms with E-state index in [1.807, 2.05) is 0 Å². The fraction of sp³-hybridized carbons (Fsp3) is 1.00. The summed E-state index contributed by atoms with van der Waals surface area (Å²) in [5, 5.41) is 0. The van der Waals surface area contributed by atoms with Gasteiger partial charge < -0.3 is 1.43 Å². The minimum atomic E-state index is -4.12. The Labute approximate surface area is 93.8 Å². The quantitative estimate of drug-likeness (QED) is 0.333. The Bertz CT molecular complexity index is 136. The van der Waals surface area contributed by atoms with Crippen molar-refractivity contribution >= 4 is 28.3 Å². The third-order valence-electron chi connectivity index (χ3n) is 0. The van der Waals surface area contributed by atoms with E-state index in [9.17, 15) is 7.48 Å². The van der Waals surface area contributed by atoms with Crippen LogP contribution in [0.5, 0.6) is 0 Å². The van der Waals surface area contributed by atoms with Crippen LogP contribution in [0, 0.1) is 0 Å². The Morgan fingerprint density at radius 3 is 0.909 bits per heavy atom. The van der Waals surface area contributed by atoms with Gasteiger partial charge in [-0.3, -0.25) is 0 Å². The summed E-state index contributed by atoms with van der Waals surface area (Å²) in [4.78, 5) is 0. The smallest absolute Gasteiger partial charge is 1.00 e. The van der Waals surface area contributed by atoms with E-state index < -0.39 is 28.3 Å². The third-order valence-corrected chi connectivity index (χ3v) is 0. The maximum atomic E-state index is 9.39. The third kappa shape index (κ3) is 435. The molecule has 0 saturated carbocycles. The number of hydrogen-bond donors (Lipinski definition) is 4. The van der Waals surface area contributed by atoms with Crippen molar-refractivity contribution in [2.75, 3.05) is 0 Å². The van der Waals surface area contributed by atoms with Gasteiger partial charge in [-0.05, 0) is 0 Å². The summed E-state index contributed by atoms with van der Waals surface area (Å²) in [5.74, 6) is 0. The molecule has 0 bridgehead atoms. The van der Waals surface area contributed by atoms with Gasteiger partial charge in [-0.2, -0.15) is 0 Å². The Morgan fingerprint density at radius 2 is 0.909 bits per heavy atom. The predicted octanol–water partition coefficient (Wildman–Crippen LogP) is -4.94. The first-order chi connectivity index (χ1) is 4.00. The van der Waals surface area contributed by atoms with Crippen molar-refractivity contribution in [2.24, 2.45) is 0 Å². The van der Waals surface area contributed by atoms with Gasteiger partial charge in [0, 0.05) is 0 Å². The van der Waals surface area contributed by atoms with Crippen molar-refractivity contribution < 1.29 is 54.8 Å². The Hall–Kier alpha value is 1.56. The van der Waals surface area contributed by atoms with Crippen LogP contribution in [-0.2, 0) is 7.48 Å². The van der Waals surface area contributed by atoms with Gasteiger partial charge in [0.05, 0.1) is 0 Å². The molecule has 0 radical (unpaired) electrons. The Morgan fingerprint density at radius 1 is 0.909 bits per heavy atom. The summed E-state index contributed by atoms with van der Waals surface area (Å²) in [7, 11) is 0. The normalized spacial score (nSPS) is 10.7. The number of rotatable bonds is 0. The Balaban J connectivity index is -0.0000000457. The van der Waals surface area contributed by atoms with Gasteiger partial charge in [0.1, 0.15) is 0 Å². The molecule has 0 rings (SSSR count). The van der Waals surface area contributed by atoms with E-state index in [2.05, 4.69) is 0 Å². The van der Waals surface area contributed by atoms with Crippen LogP contribution in [0.2, 0.25) is 11.4 Å². The van der Waals surface area contributed by atoms with Crippen LogP contribution in [0.4, 0.5) is 0 Å². The van der Waals surface area contributed by atoms with Crippen LogP contribution in [0.3, 0.4) is 0 Å². The summed E-state index contributed by atoms with van der Waals surface area (Å²) in [6.07, 6.45) is 0. The predicted molar refractivity (Wildman–Crippen MR) is 34.6 cm³/mol. The molecule has 0 aliphatic heterocycles. The first-order valence-corrected chi connectivity index (χ1v) is 10.7. The van der Waals surface area contributed by atoms with E-state index in [0.29, 0.717) is 0 Å². The molecule has 66 valence electrons.